The van der Waals surface area contributed by atoms with E-state index >= 15 is 0 Å². The zero-order valence-electron chi connectivity index (χ0n) is 24.2. The molecule has 0 aliphatic carbocycles. The Kier molecular flexibility index (Phi) is 9.34. The van der Waals surface area contributed by atoms with Gasteiger partial charge in [-0.1, -0.05) is 42.0 Å². The maximum Gasteiger partial charge on any atom is 0.307 e. The number of aromatic nitrogens is 1. The average molecular weight is 591 g/mol. The topological polar surface area (TPSA) is 119 Å². The Morgan fingerprint density at radius 3 is 2.31 bits per heavy atom. The Morgan fingerprint density at radius 2 is 1.64 bits per heavy atom. The molecule has 0 radical (unpaired) electrons. The third kappa shape index (κ3) is 6.64. The van der Waals surface area contributed by atoms with Gasteiger partial charge >= 0.3 is 10.2 Å². The van der Waals surface area contributed by atoms with Gasteiger partial charge in [0.2, 0.25) is 0 Å². The van der Waals surface area contributed by atoms with E-state index in [0.29, 0.717) is 39.9 Å². The van der Waals surface area contributed by atoms with Crippen molar-refractivity contribution in [2.45, 2.75) is 13.3 Å². The van der Waals surface area contributed by atoms with Crippen LogP contribution >= 0.6 is 0 Å². The maximum absolute atomic E-state index is 13.5. The fraction of sp³-hybridized carbons (Fsp3) is 0.226. The molecule has 0 unspecified atom stereocenters. The normalized spacial score (nSPS) is 11.9. The number of aryl methyl sites for hydroxylation is 1. The minimum absolute atomic E-state index is 0.0296. The molecule has 1 heterocycles. The van der Waals surface area contributed by atoms with Gasteiger partial charge in [-0.15, -0.1) is 0 Å². The molecule has 0 fully saturated rings. The summed E-state index contributed by atoms with van der Waals surface area (Å²) in [6.45, 7) is 2.18. The molecule has 220 valence electrons. The number of ether oxygens (including phenoxy) is 2. The van der Waals surface area contributed by atoms with Crippen LogP contribution in [-0.2, 0) is 21.4 Å². The molecule has 2 amide bonds. The van der Waals surface area contributed by atoms with Crippen molar-refractivity contribution in [3.05, 3.63) is 101 Å². The summed E-state index contributed by atoms with van der Waals surface area (Å²) in [5.41, 5.74) is 3.14. The molecule has 0 atom stereocenters. The highest BCUT2D eigenvalue weighted by Crippen LogP contribution is 2.28. The van der Waals surface area contributed by atoms with E-state index in [4.69, 9.17) is 9.47 Å². The second kappa shape index (κ2) is 12.9. The summed E-state index contributed by atoms with van der Waals surface area (Å²) in [5.74, 6) is 0.185. The van der Waals surface area contributed by atoms with E-state index < -0.39 is 22.0 Å². The standard InChI is InChI=1S/C31H34N4O6S/c1-21-10-13-23(14-11-21)30(36)33-26(31(37)32-17-16-22-12-15-28(40-4)29(18-22)41-5)19-24-20-35(42(38,39)34(2)3)27-9-7-6-8-25(24)27/h6-15,18-20H,16-17H2,1-5H3,(H,32,37)(H,33,36). The Hall–Kier alpha value is -4.61. The van der Waals surface area contributed by atoms with E-state index in [1.807, 2.05) is 19.1 Å². The molecule has 4 aromatic rings. The number of carbonyl (C=O) groups excluding carboxylic acids is 2. The number of nitrogens with one attached hydrogen (secondary N) is 2. The van der Waals surface area contributed by atoms with Crippen molar-refractivity contribution in [2.75, 3.05) is 34.9 Å². The third-order valence-corrected chi connectivity index (χ3v) is 8.39. The summed E-state index contributed by atoms with van der Waals surface area (Å²) in [7, 11) is 2.15. The van der Waals surface area contributed by atoms with E-state index in [0.717, 1.165) is 19.4 Å². The van der Waals surface area contributed by atoms with Gasteiger partial charge in [0.25, 0.3) is 11.8 Å². The zero-order valence-corrected chi connectivity index (χ0v) is 25.0. The van der Waals surface area contributed by atoms with Gasteiger partial charge in [0.05, 0.1) is 19.7 Å². The lowest BCUT2D eigenvalue weighted by atomic mass is 10.1. The molecule has 10 nitrogen and oxygen atoms in total. The third-order valence-electron chi connectivity index (χ3n) is 6.67. The highest BCUT2D eigenvalue weighted by molar-refractivity contribution is 7.87. The first-order valence-corrected chi connectivity index (χ1v) is 14.6. The molecule has 1 aromatic heterocycles. The summed E-state index contributed by atoms with van der Waals surface area (Å²) in [5, 5.41) is 6.18. The first-order valence-electron chi connectivity index (χ1n) is 13.2. The molecule has 0 saturated heterocycles. The van der Waals surface area contributed by atoms with Crippen LogP contribution in [0.5, 0.6) is 11.5 Å². The number of nitrogens with zero attached hydrogens (tertiary/aromatic N) is 2. The SMILES string of the molecule is COc1ccc(CCNC(=O)C(=Cc2cn(S(=O)(=O)N(C)C)c3ccccc23)NC(=O)c2ccc(C)cc2)cc1OC. The van der Waals surface area contributed by atoms with Crippen molar-refractivity contribution >= 4 is 39.0 Å². The summed E-state index contributed by atoms with van der Waals surface area (Å²) in [6.07, 6.45) is 3.42. The Bertz CT molecular complexity index is 1740. The predicted molar refractivity (Wildman–Crippen MR) is 163 cm³/mol. The monoisotopic (exact) mass is 590 g/mol. The van der Waals surface area contributed by atoms with E-state index in [2.05, 4.69) is 10.6 Å². The fourth-order valence-corrected chi connectivity index (χ4v) is 5.33. The van der Waals surface area contributed by atoms with Crippen LogP contribution in [0.15, 0.2) is 78.6 Å². The average Bonchev–Trinajstić information content (AvgIpc) is 3.36. The number of hydrogen-bond acceptors (Lipinski definition) is 6. The van der Waals surface area contributed by atoms with Crippen LogP contribution in [0.25, 0.3) is 17.0 Å². The number of methoxy groups -OCH3 is 2. The summed E-state index contributed by atoms with van der Waals surface area (Å²) in [6, 6.07) is 19.4. The van der Waals surface area contributed by atoms with Gasteiger partial charge < -0.3 is 20.1 Å². The maximum atomic E-state index is 13.5. The van der Waals surface area contributed by atoms with Gasteiger partial charge in [0.1, 0.15) is 5.70 Å². The van der Waals surface area contributed by atoms with Crippen LogP contribution in [-0.4, -0.2) is 63.4 Å². The van der Waals surface area contributed by atoms with Gasteiger partial charge in [-0.25, -0.2) is 3.97 Å². The van der Waals surface area contributed by atoms with Gasteiger partial charge in [-0.3, -0.25) is 9.59 Å². The first-order chi connectivity index (χ1) is 20.0. The van der Waals surface area contributed by atoms with E-state index in [9.17, 15) is 18.0 Å². The molecule has 42 heavy (non-hydrogen) atoms. The number of para-hydroxylation sites is 1. The van der Waals surface area contributed by atoms with Crippen molar-refractivity contribution in [1.82, 2.24) is 18.9 Å². The van der Waals surface area contributed by atoms with E-state index in [1.54, 1.807) is 68.8 Å². The van der Waals surface area contributed by atoms with Gasteiger partial charge in [0, 0.05) is 43.4 Å². The molecule has 0 spiro atoms. The number of benzene rings is 3. The first kappa shape index (κ1) is 30.4. The molecule has 3 aromatic carbocycles. The molecule has 0 aliphatic rings. The second-order valence-electron chi connectivity index (χ2n) is 9.76. The smallest absolute Gasteiger partial charge is 0.307 e. The number of hydrogen-bond donors (Lipinski definition) is 2. The van der Waals surface area contributed by atoms with Crippen LogP contribution in [0.4, 0.5) is 0 Å². The lowest BCUT2D eigenvalue weighted by molar-refractivity contribution is -0.117. The molecule has 0 bridgehead atoms. The molecule has 11 heteroatoms. The van der Waals surface area contributed by atoms with Gasteiger partial charge in [0.15, 0.2) is 11.5 Å². The second-order valence-corrected chi connectivity index (χ2v) is 11.8. The highest BCUT2D eigenvalue weighted by Gasteiger charge is 2.22. The molecule has 0 saturated carbocycles. The van der Waals surface area contributed by atoms with Gasteiger partial charge in [-0.05, 0) is 55.3 Å². The fourth-order valence-electron chi connectivity index (χ4n) is 4.32. The van der Waals surface area contributed by atoms with Crippen LogP contribution in [0.1, 0.15) is 27.0 Å². The van der Waals surface area contributed by atoms with Crippen molar-refractivity contribution in [2.24, 2.45) is 0 Å². The van der Waals surface area contributed by atoms with Gasteiger partial charge in [-0.2, -0.15) is 12.7 Å². The number of amides is 2. The Balaban J connectivity index is 1.67. The zero-order chi connectivity index (χ0) is 30.4. The van der Waals surface area contributed by atoms with E-state index in [1.165, 1.54) is 26.4 Å². The summed E-state index contributed by atoms with van der Waals surface area (Å²) < 4.78 is 39.0. The Labute approximate surface area is 245 Å². The lowest BCUT2D eigenvalue weighted by Crippen LogP contribution is -2.35. The van der Waals surface area contributed by atoms with Crippen LogP contribution in [0.2, 0.25) is 0 Å². The van der Waals surface area contributed by atoms with Crippen LogP contribution in [0.3, 0.4) is 0 Å². The Morgan fingerprint density at radius 1 is 0.952 bits per heavy atom. The molecule has 2 N–H and O–H groups in total. The van der Waals surface area contributed by atoms with Crippen molar-refractivity contribution in [1.29, 1.82) is 0 Å². The quantitative estimate of drug-likeness (QED) is 0.257. The van der Waals surface area contributed by atoms with Crippen molar-refractivity contribution in [3.63, 3.8) is 0 Å². The summed E-state index contributed by atoms with van der Waals surface area (Å²) in [4.78, 5) is 26.6. The van der Waals surface area contributed by atoms with Crippen LogP contribution < -0.4 is 20.1 Å². The number of rotatable bonds is 11. The predicted octanol–water partition coefficient (Wildman–Crippen LogP) is 3.75. The minimum Gasteiger partial charge on any atom is -0.493 e. The minimum atomic E-state index is -3.85. The lowest BCUT2D eigenvalue weighted by Gasteiger charge is -2.13. The largest absolute Gasteiger partial charge is 0.493 e. The molecular formula is C31H34N4O6S. The molecule has 0 aliphatic heterocycles. The molecule has 4 rings (SSSR count). The van der Waals surface area contributed by atoms with Crippen molar-refractivity contribution in [3.8, 4) is 11.5 Å². The highest BCUT2D eigenvalue weighted by atomic mass is 32.2. The van der Waals surface area contributed by atoms with Crippen LogP contribution in [0, 0.1) is 6.92 Å². The van der Waals surface area contributed by atoms with E-state index in [-0.39, 0.29) is 12.2 Å². The summed E-state index contributed by atoms with van der Waals surface area (Å²) >= 11 is 0. The molecular weight excluding hydrogens is 556 g/mol. The van der Waals surface area contributed by atoms with Crippen molar-refractivity contribution < 1.29 is 27.5 Å². The number of carbonyl (C=O) groups is 2. The number of fused-ring (bicyclic) bond motifs is 1.